The fourth-order valence-electron chi connectivity index (χ4n) is 3.98. The predicted molar refractivity (Wildman–Crippen MR) is 167 cm³/mol. The summed E-state index contributed by atoms with van der Waals surface area (Å²) in [6.07, 6.45) is 2.43. The van der Waals surface area contributed by atoms with Crippen molar-refractivity contribution in [2.75, 3.05) is 6.26 Å². The van der Waals surface area contributed by atoms with Gasteiger partial charge in [-0.05, 0) is 73.5 Å². The molecule has 5 rings (SSSR count). The highest BCUT2D eigenvalue weighted by atomic mass is 35.7. The van der Waals surface area contributed by atoms with Crippen LogP contribution in [0.4, 0.5) is 0 Å². The molecule has 0 unspecified atom stereocenters. The molecule has 5 aromatic rings. The van der Waals surface area contributed by atoms with Crippen molar-refractivity contribution in [1.82, 2.24) is 0 Å². The van der Waals surface area contributed by atoms with E-state index in [0.717, 1.165) is 11.8 Å². The number of aromatic hydroxyl groups is 5. The highest BCUT2D eigenvalue weighted by Gasteiger charge is 2.16. The summed E-state index contributed by atoms with van der Waals surface area (Å²) < 4.78 is 24.3. The molecule has 10 nitrogen and oxygen atoms in total. The molecule has 0 atom stereocenters. The Balaban J connectivity index is 0.000000209. The lowest BCUT2D eigenvalue weighted by molar-refractivity contribution is 0.0990. The van der Waals surface area contributed by atoms with E-state index in [1.165, 1.54) is 48.7 Å². The number of Topliss-reactive ketones (excluding diaryl/α,β-unsaturated/α-hetero) is 1. The van der Waals surface area contributed by atoms with Gasteiger partial charge < -0.3 is 29.9 Å². The Morgan fingerprint density at radius 1 is 0.773 bits per heavy atom. The first kappa shape index (κ1) is 33.5. The van der Waals surface area contributed by atoms with E-state index in [4.69, 9.17) is 9.52 Å². The van der Waals surface area contributed by atoms with Crippen molar-refractivity contribution in [3.8, 4) is 39.9 Å². The summed E-state index contributed by atoms with van der Waals surface area (Å²) in [4.78, 5) is 24.6. The number of carbonyl (C=O) groups is 1. The number of rotatable bonds is 4. The first-order chi connectivity index (χ1) is 20.6. The van der Waals surface area contributed by atoms with Gasteiger partial charge in [0, 0.05) is 28.2 Å². The lowest BCUT2D eigenvalue weighted by Gasteiger charge is -2.08. The minimum atomic E-state index is -3.19. The largest absolute Gasteiger partial charge is 0.508 e. The standard InChI is InChI=1S/C16H12O4.C15H14O4.CH3ClO2S/c1-9-14(18)7-6-12-15(19)13(8-20-16(9)12)10-2-4-11(17)5-3-10;1-9-13(17)7-6-12(15(9)19)14(18)8-10-2-4-11(16)5-3-10;1-5(2,3)4/h2-8,17-18H,1H3;2-7,16-17,19H,8H2,1H3;1H3. The van der Waals surface area contributed by atoms with Gasteiger partial charge in [0.05, 0.1) is 22.8 Å². The van der Waals surface area contributed by atoms with Gasteiger partial charge in [-0.15, -0.1) is 0 Å². The monoisotopic (exact) mass is 640 g/mol. The molecule has 0 aliphatic heterocycles. The van der Waals surface area contributed by atoms with Crippen molar-refractivity contribution in [3.63, 3.8) is 0 Å². The van der Waals surface area contributed by atoms with Crippen LogP contribution in [0, 0.1) is 13.8 Å². The van der Waals surface area contributed by atoms with Crippen LogP contribution in [0.3, 0.4) is 0 Å². The van der Waals surface area contributed by atoms with E-state index in [2.05, 4.69) is 10.7 Å². The van der Waals surface area contributed by atoms with Gasteiger partial charge in [-0.3, -0.25) is 9.59 Å². The molecule has 0 bridgehead atoms. The van der Waals surface area contributed by atoms with Crippen LogP contribution in [-0.4, -0.2) is 46.0 Å². The molecule has 44 heavy (non-hydrogen) atoms. The van der Waals surface area contributed by atoms with Crippen molar-refractivity contribution < 1.29 is 43.2 Å². The number of hydrogen-bond acceptors (Lipinski definition) is 10. The number of aryl methyl sites for hydroxylation is 1. The highest BCUT2D eigenvalue weighted by Crippen LogP contribution is 2.30. The van der Waals surface area contributed by atoms with Gasteiger partial charge in [-0.25, -0.2) is 8.42 Å². The van der Waals surface area contributed by atoms with E-state index in [1.54, 1.807) is 44.2 Å². The number of benzene rings is 4. The Hall–Kier alpha value is -5.00. The Bertz CT molecular complexity index is 1960. The van der Waals surface area contributed by atoms with Gasteiger partial charge in [0.15, 0.2) is 5.78 Å². The lowest BCUT2D eigenvalue weighted by Crippen LogP contribution is -2.05. The second-order valence-electron chi connectivity index (χ2n) is 9.67. The SMILES string of the molecule is CS(=O)(=O)Cl.Cc1c(O)ccc(C(=O)Cc2ccc(O)cc2)c1O.Cc1c(O)ccc2c(=O)c(-c3ccc(O)cc3)coc12. The van der Waals surface area contributed by atoms with Crippen LogP contribution >= 0.6 is 10.7 Å². The number of phenols is 5. The van der Waals surface area contributed by atoms with Crippen molar-refractivity contribution in [2.45, 2.75) is 20.3 Å². The first-order valence-corrected chi connectivity index (χ1v) is 15.5. The molecule has 0 aliphatic rings. The van der Waals surface area contributed by atoms with E-state index in [9.17, 15) is 38.4 Å². The molecule has 0 fully saturated rings. The van der Waals surface area contributed by atoms with Gasteiger partial charge in [0.25, 0.3) is 0 Å². The summed E-state index contributed by atoms with van der Waals surface area (Å²) >= 11 is 0. The molecule has 0 saturated heterocycles. The number of halogens is 1. The average Bonchev–Trinajstić information content (AvgIpc) is 2.95. The van der Waals surface area contributed by atoms with Gasteiger partial charge in [0.1, 0.15) is 40.6 Å². The normalized spacial score (nSPS) is 10.7. The smallest absolute Gasteiger partial charge is 0.229 e. The van der Waals surface area contributed by atoms with Crippen LogP contribution in [0.5, 0.6) is 28.7 Å². The average molecular weight is 641 g/mol. The number of hydrogen-bond donors (Lipinski definition) is 5. The van der Waals surface area contributed by atoms with Crippen molar-refractivity contribution in [3.05, 3.63) is 112 Å². The minimum absolute atomic E-state index is 0.0429. The van der Waals surface area contributed by atoms with E-state index >= 15 is 0 Å². The van der Waals surface area contributed by atoms with Crippen molar-refractivity contribution in [2.24, 2.45) is 0 Å². The maximum atomic E-state index is 12.5. The fourth-order valence-corrected chi connectivity index (χ4v) is 3.98. The van der Waals surface area contributed by atoms with Crippen LogP contribution in [0.2, 0.25) is 0 Å². The van der Waals surface area contributed by atoms with Crippen LogP contribution in [0.25, 0.3) is 22.1 Å². The molecule has 0 aliphatic carbocycles. The third kappa shape index (κ3) is 8.76. The second kappa shape index (κ2) is 14.0. The van der Waals surface area contributed by atoms with E-state index in [0.29, 0.717) is 27.7 Å². The Morgan fingerprint density at radius 3 is 1.84 bits per heavy atom. The molecule has 12 heteroatoms. The molecular formula is C32H29ClO10S. The molecule has 0 amide bonds. The van der Waals surface area contributed by atoms with E-state index < -0.39 is 9.05 Å². The van der Waals surface area contributed by atoms with E-state index in [-0.39, 0.29) is 57.5 Å². The first-order valence-electron chi connectivity index (χ1n) is 12.8. The summed E-state index contributed by atoms with van der Waals surface area (Å²) in [5, 5.41) is 47.8. The number of ketones is 1. The van der Waals surface area contributed by atoms with Crippen LogP contribution in [0.1, 0.15) is 27.0 Å². The Kier molecular flexibility index (Phi) is 10.6. The summed E-state index contributed by atoms with van der Waals surface area (Å²) in [5.41, 5.74) is 3.06. The zero-order valence-corrected chi connectivity index (χ0v) is 25.3. The number of carbonyl (C=O) groups excluding carboxylic acids is 1. The molecular weight excluding hydrogens is 612 g/mol. The Labute approximate surface area is 257 Å². The zero-order chi connectivity index (χ0) is 32.8. The molecule has 0 spiro atoms. The number of fused-ring (bicyclic) bond motifs is 1. The quantitative estimate of drug-likeness (QED) is 0.117. The molecule has 1 heterocycles. The maximum absolute atomic E-state index is 12.5. The van der Waals surface area contributed by atoms with Gasteiger partial charge >= 0.3 is 0 Å². The lowest BCUT2D eigenvalue weighted by atomic mass is 10.00. The summed E-state index contributed by atoms with van der Waals surface area (Å²) in [6.45, 7) is 3.24. The predicted octanol–water partition coefficient (Wildman–Crippen LogP) is 5.90. The molecule has 0 saturated carbocycles. The topological polar surface area (TPSA) is 183 Å². The van der Waals surface area contributed by atoms with Crippen LogP contribution in [-0.2, 0) is 15.5 Å². The van der Waals surface area contributed by atoms with Crippen molar-refractivity contribution in [1.29, 1.82) is 0 Å². The molecule has 5 N–H and O–H groups in total. The van der Waals surface area contributed by atoms with E-state index in [1.807, 2.05) is 0 Å². The molecule has 4 aromatic carbocycles. The minimum Gasteiger partial charge on any atom is -0.508 e. The second-order valence-corrected chi connectivity index (χ2v) is 12.7. The molecule has 230 valence electrons. The molecule has 1 aromatic heterocycles. The van der Waals surface area contributed by atoms with Gasteiger partial charge in [-0.2, -0.15) is 0 Å². The van der Waals surface area contributed by atoms with Gasteiger partial charge in [-0.1, -0.05) is 24.3 Å². The van der Waals surface area contributed by atoms with Crippen LogP contribution in [0.15, 0.2) is 88.3 Å². The molecule has 0 radical (unpaired) electrons. The van der Waals surface area contributed by atoms with Crippen molar-refractivity contribution >= 4 is 36.5 Å². The fraction of sp³-hybridized carbons (Fsp3) is 0.125. The summed E-state index contributed by atoms with van der Waals surface area (Å²) in [5.74, 6) is -0.106. The van der Waals surface area contributed by atoms with Gasteiger partial charge in [0.2, 0.25) is 14.5 Å². The highest BCUT2D eigenvalue weighted by molar-refractivity contribution is 8.13. The zero-order valence-electron chi connectivity index (χ0n) is 23.8. The summed E-state index contributed by atoms with van der Waals surface area (Å²) in [6, 6.07) is 18.5. The Morgan fingerprint density at radius 2 is 1.27 bits per heavy atom. The maximum Gasteiger partial charge on any atom is 0.229 e. The third-order valence-electron chi connectivity index (χ3n) is 6.34. The summed E-state index contributed by atoms with van der Waals surface area (Å²) in [7, 11) is 1.31. The van der Waals surface area contributed by atoms with Crippen LogP contribution < -0.4 is 5.43 Å². The number of phenolic OH excluding ortho intramolecular Hbond substituents is 5. The third-order valence-corrected chi connectivity index (χ3v) is 6.34.